The fraction of sp³-hybridized carbons (Fsp3) is 0.200. The van der Waals surface area contributed by atoms with Gasteiger partial charge in [0.2, 0.25) is 0 Å². The maximum Gasteiger partial charge on any atom is 0.257 e. The number of aromatic nitrogens is 1. The van der Waals surface area contributed by atoms with Crippen molar-refractivity contribution in [3.05, 3.63) is 52.4 Å². The maximum atomic E-state index is 13.7. The van der Waals surface area contributed by atoms with Crippen LogP contribution in [0.2, 0.25) is 0 Å². The van der Waals surface area contributed by atoms with Crippen LogP contribution in [0.25, 0.3) is 0 Å². The van der Waals surface area contributed by atoms with Gasteiger partial charge in [-0.2, -0.15) is 0 Å². The zero-order valence-corrected chi connectivity index (χ0v) is 13.1. The lowest BCUT2D eigenvalue weighted by Gasteiger charge is -2.08. The number of hydrogen-bond donors (Lipinski definition) is 2. The van der Waals surface area contributed by atoms with E-state index in [1.807, 2.05) is 0 Å². The fourth-order valence-electron chi connectivity index (χ4n) is 1.67. The van der Waals surface area contributed by atoms with Crippen molar-refractivity contribution in [2.75, 3.05) is 17.2 Å². The van der Waals surface area contributed by atoms with Crippen LogP contribution in [-0.2, 0) is 0 Å². The van der Waals surface area contributed by atoms with Crippen LogP contribution >= 0.6 is 15.9 Å². The summed E-state index contributed by atoms with van der Waals surface area (Å²) in [6, 6.07) is 7.84. The van der Waals surface area contributed by atoms with Crippen LogP contribution in [0.1, 0.15) is 23.7 Å². The predicted octanol–water partition coefficient (Wildman–Crippen LogP) is 4.06. The van der Waals surface area contributed by atoms with Gasteiger partial charge in [-0.05, 0) is 36.8 Å². The standard InChI is InChI=1S/C15H15BrFN3O/c1-2-7-18-14-6-3-10(9-19-14)15(21)20-13-5-4-11(16)8-12(13)17/h3-6,8-9H,2,7H2,1H3,(H,18,19)(H,20,21). The summed E-state index contributed by atoms with van der Waals surface area (Å²) in [5.41, 5.74) is 0.510. The third-order valence-electron chi connectivity index (χ3n) is 2.76. The smallest absolute Gasteiger partial charge is 0.257 e. The van der Waals surface area contributed by atoms with E-state index in [1.165, 1.54) is 18.3 Å². The minimum absolute atomic E-state index is 0.136. The number of nitrogens with zero attached hydrogens (tertiary/aromatic N) is 1. The van der Waals surface area contributed by atoms with E-state index in [1.54, 1.807) is 18.2 Å². The van der Waals surface area contributed by atoms with Crippen LogP contribution < -0.4 is 10.6 Å². The molecule has 0 aliphatic carbocycles. The van der Waals surface area contributed by atoms with E-state index in [0.717, 1.165) is 13.0 Å². The number of benzene rings is 1. The summed E-state index contributed by atoms with van der Waals surface area (Å²) in [6.07, 6.45) is 2.46. The average Bonchev–Trinajstić information content (AvgIpc) is 2.48. The first-order valence-electron chi connectivity index (χ1n) is 6.56. The Bertz CT molecular complexity index is 631. The van der Waals surface area contributed by atoms with Crippen molar-refractivity contribution in [1.29, 1.82) is 0 Å². The van der Waals surface area contributed by atoms with Crippen LogP contribution in [0.15, 0.2) is 41.0 Å². The Labute approximate surface area is 130 Å². The highest BCUT2D eigenvalue weighted by Gasteiger charge is 2.10. The summed E-state index contributed by atoms with van der Waals surface area (Å²) in [5, 5.41) is 5.64. The van der Waals surface area contributed by atoms with Gasteiger partial charge in [-0.15, -0.1) is 0 Å². The summed E-state index contributed by atoms with van der Waals surface area (Å²) in [6.45, 7) is 2.88. The van der Waals surface area contributed by atoms with E-state index in [2.05, 4.69) is 38.5 Å². The lowest BCUT2D eigenvalue weighted by atomic mass is 10.2. The number of anilines is 2. The number of carbonyl (C=O) groups excluding carboxylic acids is 1. The van der Waals surface area contributed by atoms with E-state index in [9.17, 15) is 9.18 Å². The molecule has 0 aliphatic heterocycles. The molecule has 0 spiro atoms. The molecule has 1 aromatic heterocycles. The Balaban J connectivity index is 2.06. The largest absolute Gasteiger partial charge is 0.370 e. The first-order valence-corrected chi connectivity index (χ1v) is 7.35. The first-order chi connectivity index (χ1) is 10.1. The van der Waals surface area contributed by atoms with Crippen molar-refractivity contribution in [2.45, 2.75) is 13.3 Å². The molecule has 4 nitrogen and oxygen atoms in total. The third-order valence-corrected chi connectivity index (χ3v) is 3.25. The van der Waals surface area contributed by atoms with Crippen molar-refractivity contribution in [3.8, 4) is 0 Å². The predicted molar refractivity (Wildman–Crippen MR) is 85.1 cm³/mol. The number of pyridine rings is 1. The Hall–Kier alpha value is -1.95. The zero-order chi connectivity index (χ0) is 15.2. The van der Waals surface area contributed by atoms with Crippen molar-refractivity contribution in [1.82, 2.24) is 4.98 Å². The molecule has 110 valence electrons. The van der Waals surface area contributed by atoms with Crippen molar-refractivity contribution in [3.63, 3.8) is 0 Å². The third kappa shape index (κ3) is 4.26. The monoisotopic (exact) mass is 351 g/mol. The Morgan fingerprint density at radius 2 is 2.14 bits per heavy atom. The second kappa shape index (κ2) is 7.17. The molecule has 6 heteroatoms. The lowest BCUT2D eigenvalue weighted by molar-refractivity contribution is 0.102. The van der Waals surface area contributed by atoms with Gasteiger partial charge in [0.05, 0.1) is 11.3 Å². The fourth-order valence-corrected chi connectivity index (χ4v) is 2.00. The molecule has 2 rings (SSSR count). The molecule has 0 saturated carbocycles. The van der Waals surface area contributed by atoms with E-state index in [4.69, 9.17) is 0 Å². The molecule has 1 heterocycles. The number of rotatable bonds is 5. The second-order valence-electron chi connectivity index (χ2n) is 4.44. The van der Waals surface area contributed by atoms with E-state index < -0.39 is 11.7 Å². The van der Waals surface area contributed by atoms with Gasteiger partial charge in [0, 0.05) is 17.2 Å². The molecule has 0 aliphatic rings. The van der Waals surface area contributed by atoms with Crippen LogP contribution in [0.3, 0.4) is 0 Å². The molecular weight excluding hydrogens is 337 g/mol. The summed E-state index contributed by atoms with van der Waals surface area (Å²) < 4.78 is 14.3. The number of halogens is 2. The molecular formula is C15H15BrFN3O. The van der Waals surface area contributed by atoms with Gasteiger partial charge in [0.1, 0.15) is 11.6 Å². The molecule has 2 N–H and O–H groups in total. The van der Waals surface area contributed by atoms with Crippen molar-refractivity contribution < 1.29 is 9.18 Å². The molecule has 2 aromatic rings. The topological polar surface area (TPSA) is 54.0 Å². The van der Waals surface area contributed by atoms with Crippen LogP contribution in [0.5, 0.6) is 0 Å². The quantitative estimate of drug-likeness (QED) is 0.853. The van der Waals surface area contributed by atoms with E-state index in [-0.39, 0.29) is 5.69 Å². The molecule has 1 amide bonds. The summed E-state index contributed by atoms with van der Waals surface area (Å²) in [7, 11) is 0. The number of hydrogen-bond acceptors (Lipinski definition) is 3. The van der Waals surface area contributed by atoms with Gasteiger partial charge in [-0.25, -0.2) is 9.37 Å². The molecule has 0 fully saturated rings. The van der Waals surface area contributed by atoms with Gasteiger partial charge in [-0.1, -0.05) is 22.9 Å². The second-order valence-corrected chi connectivity index (χ2v) is 5.35. The van der Waals surface area contributed by atoms with Gasteiger partial charge in [-0.3, -0.25) is 4.79 Å². The van der Waals surface area contributed by atoms with Crippen LogP contribution in [0.4, 0.5) is 15.9 Å². The van der Waals surface area contributed by atoms with Gasteiger partial charge >= 0.3 is 0 Å². The SMILES string of the molecule is CCCNc1ccc(C(=O)Nc2ccc(Br)cc2F)cn1. The summed E-state index contributed by atoms with van der Waals surface area (Å²) >= 11 is 3.17. The molecule has 0 atom stereocenters. The van der Waals surface area contributed by atoms with Gasteiger partial charge < -0.3 is 10.6 Å². The molecule has 0 saturated heterocycles. The Morgan fingerprint density at radius 1 is 1.33 bits per heavy atom. The molecule has 1 aromatic carbocycles. The molecule has 0 bridgehead atoms. The van der Waals surface area contributed by atoms with Crippen molar-refractivity contribution >= 4 is 33.3 Å². The number of amides is 1. The minimum Gasteiger partial charge on any atom is -0.370 e. The van der Waals surface area contributed by atoms with Gasteiger partial charge in [0.25, 0.3) is 5.91 Å². The minimum atomic E-state index is -0.494. The van der Waals surface area contributed by atoms with Crippen LogP contribution in [0, 0.1) is 5.82 Å². The molecule has 0 radical (unpaired) electrons. The summed E-state index contributed by atoms with van der Waals surface area (Å²) in [4.78, 5) is 16.2. The van der Waals surface area contributed by atoms with E-state index in [0.29, 0.717) is 15.9 Å². The van der Waals surface area contributed by atoms with Crippen molar-refractivity contribution in [2.24, 2.45) is 0 Å². The van der Waals surface area contributed by atoms with Gasteiger partial charge in [0.15, 0.2) is 0 Å². The highest BCUT2D eigenvalue weighted by atomic mass is 79.9. The normalized spacial score (nSPS) is 10.2. The van der Waals surface area contributed by atoms with E-state index >= 15 is 0 Å². The zero-order valence-electron chi connectivity index (χ0n) is 11.5. The lowest BCUT2D eigenvalue weighted by Crippen LogP contribution is -2.13. The van der Waals surface area contributed by atoms with Crippen LogP contribution in [-0.4, -0.2) is 17.4 Å². The first kappa shape index (κ1) is 15.4. The maximum absolute atomic E-state index is 13.7. The Kier molecular flexibility index (Phi) is 5.27. The highest BCUT2D eigenvalue weighted by molar-refractivity contribution is 9.10. The number of carbonyl (C=O) groups is 1. The highest BCUT2D eigenvalue weighted by Crippen LogP contribution is 2.20. The Morgan fingerprint density at radius 3 is 2.76 bits per heavy atom. The molecule has 0 unspecified atom stereocenters. The molecule has 21 heavy (non-hydrogen) atoms. The average molecular weight is 352 g/mol. The number of nitrogens with one attached hydrogen (secondary N) is 2. The summed E-state index contributed by atoms with van der Waals surface area (Å²) in [5.74, 6) is -0.180.